The van der Waals surface area contributed by atoms with Crippen LogP contribution in [0.15, 0.2) is 91.0 Å². The van der Waals surface area contributed by atoms with Crippen molar-refractivity contribution < 1.29 is 23.5 Å². The molecular weight excluding hydrogens is 639 g/mol. The van der Waals surface area contributed by atoms with Crippen molar-refractivity contribution in [1.82, 2.24) is 15.1 Å². The molecule has 2 heterocycles. The highest BCUT2D eigenvalue weighted by atomic mass is 35.5. The van der Waals surface area contributed by atoms with Crippen LogP contribution in [0.1, 0.15) is 27.5 Å². The number of aromatic nitrogens is 2. The van der Waals surface area contributed by atoms with Gasteiger partial charge in [-0.05, 0) is 67.1 Å². The number of halogens is 2. The summed E-state index contributed by atoms with van der Waals surface area (Å²) >= 11 is 7.72. The second-order valence-corrected chi connectivity index (χ2v) is 12.6. The Hall–Kier alpha value is -4.80. The Labute approximate surface area is 281 Å². The van der Waals surface area contributed by atoms with E-state index in [1.807, 2.05) is 61.5 Å². The van der Waals surface area contributed by atoms with Gasteiger partial charge in [0.2, 0.25) is 11.8 Å². The van der Waals surface area contributed by atoms with Crippen molar-refractivity contribution >= 4 is 41.0 Å². The largest absolute Gasteiger partial charge is 0.497 e. The minimum absolute atomic E-state index is 0.0823. The topological polar surface area (TPSA) is 85.7 Å². The summed E-state index contributed by atoms with van der Waals surface area (Å²) in [5.41, 5.74) is 5.48. The Balaban J connectivity index is 1.54. The van der Waals surface area contributed by atoms with Crippen LogP contribution in [0.5, 0.6) is 11.5 Å². The lowest BCUT2D eigenvalue weighted by Gasteiger charge is -2.24. The van der Waals surface area contributed by atoms with E-state index in [1.54, 1.807) is 43.2 Å². The lowest BCUT2D eigenvalue weighted by molar-refractivity contribution is -0.123. The average Bonchev–Trinajstić information content (AvgIpc) is 3.40. The smallest absolute Gasteiger partial charge is 0.240 e. The zero-order chi connectivity index (χ0) is 33.1. The quantitative estimate of drug-likeness (QED) is 0.179. The number of anilines is 1. The summed E-state index contributed by atoms with van der Waals surface area (Å²) in [4.78, 5) is 29.1. The van der Waals surface area contributed by atoms with E-state index < -0.39 is 5.25 Å². The number of ether oxygens (including phenoxy) is 2. The van der Waals surface area contributed by atoms with Crippen LogP contribution in [0.25, 0.3) is 16.9 Å². The Kier molecular flexibility index (Phi) is 9.51. The van der Waals surface area contributed by atoms with E-state index in [9.17, 15) is 14.0 Å². The number of nitrogens with one attached hydrogen (secondary N) is 1. The summed E-state index contributed by atoms with van der Waals surface area (Å²) in [6.45, 7) is 1.92. The molecule has 0 radical (unpaired) electrons. The van der Waals surface area contributed by atoms with Crippen LogP contribution in [0.3, 0.4) is 0 Å². The molecule has 0 saturated heterocycles. The number of thioether (sulfide) groups is 1. The van der Waals surface area contributed by atoms with Crippen LogP contribution in [-0.2, 0) is 16.1 Å². The molecule has 2 amide bonds. The fourth-order valence-corrected chi connectivity index (χ4v) is 6.84. The molecule has 47 heavy (non-hydrogen) atoms. The van der Waals surface area contributed by atoms with Gasteiger partial charge in [0.05, 0.1) is 36.6 Å². The number of fused-ring (bicyclic) bond motifs is 1. The van der Waals surface area contributed by atoms with Gasteiger partial charge in [0.15, 0.2) is 0 Å². The summed E-state index contributed by atoms with van der Waals surface area (Å²) in [5, 5.41) is 8.15. The van der Waals surface area contributed by atoms with Gasteiger partial charge in [-0.1, -0.05) is 53.6 Å². The maximum atomic E-state index is 14.1. The van der Waals surface area contributed by atoms with Crippen LogP contribution in [0.4, 0.5) is 10.2 Å². The minimum Gasteiger partial charge on any atom is -0.497 e. The van der Waals surface area contributed by atoms with Gasteiger partial charge in [0.1, 0.15) is 29.7 Å². The van der Waals surface area contributed by atoms with Crippen molar-refractivity contribution in [3.05, 3.63) is 124 Å². The van der Waals surface area contributed by atoms with Gasteiger partial charge in [-0.15, -0.1) is 11.8 Å². The highest BCUT2D eigenvalue weighted by Gasteiger charge is 2.39. The van der Waals surface area contributed by atoms with Crippen molar-refractivity contribution in [2.45, 2.75) is 18.7 Å². The third-order valence-corrected chi connectivity index (χ3v) is 9.40. The van der Waals surface area contributed by atoms with Crippen LogP contribution in [-0.4, -0.2) is 48.1 Å². The van der Waals surface area contributed by atoms with Crippen LogP contribution < -0.4 is 19.7 Å². The van der Waals surface area contributed by atoms with E-state index in [0.29, 0.717) is 28.0 Å². The number of benzene rings is 4. The van der Waals surface area contributed by atoms with Gasteiger partial charge >= 0.3 is 0 Å². The minimum atomic E-state index is -0.434. The molecule has 5 aromatic rings. The lowest BCUT2D eigenvalue weighted by Crippen LogP contribution is -2.42. The normalized spacial score (nSPS) is 14.4. The number of hydrogen-bond acceptors (Lipinski definition) is 6. The Morgan fingerprint density at radius 2 is 1.72 bits per heavy atom. The molecule has 4 aromatic carbocycles. The zero-order valence-corrected chi connectivity index (χ0v) is 27.6. The van der Waals surface area contributed by atoms with Crippen molar-refractivity contribution in [3.8, 4) is 28.4 Å². The number of carbonyl (C=O) groups is 2. The molecule has 1 aliphatic heterocycles. The van der Waals surface area contributed by atoms with E-state index in [-0.39, 0.29) is 36.5 Å². The molecular formula is C36H32ClFN4O4S. The lowest BCUT2D eigenvalue weighted by atomic mass is 9.98. The maximum absolute atomic E-state index is 14.1. The highest BCUT2D eigenvalue weighted by Crippen LogP contribution is 2.51. The third kappa shape index (κ3) is 6.84. The molecule has 8 nitrogen and oxygen atoms in total. The predicted molar refractivity (Wildman–Crippen MR) is 183 cm³/mol. The number of nitrogens with zero attached hydrogens (tertiary/aromatic N) is 3. The number of aryl methyl sites for hydroxylation is 1. The first-order valence-electron chi connectivity index (χ1n) is 14.9. The Morgan fingerprint density at radius 3 is 2.40 bits per heavy atom. The first-order chi connectivity index (χ1) is 22.7. The molecule has 0 fully saturated rings. The van der Waals surface area contributed by atoms with Crippen molar-refractivity contribution in [3.63, 3.8) is 0 Å². The van der Waals surface area contributed by atoms with E-state index in [4.69, 9.17) is 26.2 Å². The molecule has 0 unspecified atom stereocenters. The molecule has 0 bridgehead atoms. The number of amides is 2. The summed E-state index contributed by atoms with van der Waals surface area (Å²) in [6, 6.07) is 26.7. The van der Waals surface area contributed by atoms with Gasteiger partial charge in [0, 0.05) is 28.3 Å². The first-order valence-corrected chi connectivity index (χ1v) is 16.3. The van der Waals surface area contributed by atoms with Crippen molar-refractivity contribution in [1.29, 1.82) is 0 Å². The van der Waals surface area contributed by atoms with Crippen LogP contribution >= 0.6 is 23.4 Å². The van der Waals surface area contributed by atoms with E-state index in [1.165, 1.54) is 28.8 Å². The summed E-state index contributed by atoms with van der Waals surface area (Å²) in [7, 11) is 3.20. The average molecular weight is 671 g/mol. The molecule has 11 heteroatoms. The number of hydrogen-bond donors (Lipinski definition) is 1. The van der Waals surface area contributed by atoms with E-state index >= 15 is 0 Å². The van der Waals surface area contributed by atoms with Crippen LogP contribution in [0.2, 0.25) is 5.02 Å². The second-order valence-electron chi connectivity index (χ2n) is 11.0. The van der Waals surface area contributed by atoms with Gasteiger partial charge in [-0.25, -0.2) is 9.07 Å². The Bertz CT molecular complexity index is 1910. The van der Waals surface area contributed by atoms with Crippen LogP contribution in [0, 0.1) is 12.7 Å². The molecule has 0 saturated carbocycles. The zero-order valence-electron chi connectivity index (χ0n) is 26.0. The summed E-state index contributed by atoms with van der Waals surface area (Å²) in [6.07, 6.45) is 0. The first kappa shape index (κ1) is 32.2. The molecule has 1 aromatic heterocycles. The monoisotopic (exact) mass is 670 g/mol. The van der Waals surface area contributed by atoms with Gasteiger partial charge < -0.3 is 14.8 Å². The molecule has 6 rings (SSSR count). The van der Waals surface area contributed by atoms with Gasteiger partial charge in [-0.3, -0.25) is 14.5 Å². The molecule has 1 atom stereocenters. The second kappa shape index (κ2) is 13.9. The molecule has 1 N–H and O–H groups in total. The number of rotatable bonds is 9. The number of methoxy groups -OCH3 is 2. The molecule has 0 aliphatic carbocycles. The summed E-state index contributed by atoms with van der Waals surface area (Å²) in [5.74, 6) is 0.823. The maximum Gasteiger partial charge on any atom is 0.240 e. The van der Waals surface area contributed by atoms with E-state index in [0.717, 1.165) is 33.5 Å². The molecule has 240 valence electrons. The Morgan fingerprint density at radius 1 is 1.00 bits per heavy atom. The SMILES string of the molecule is COc1ccc(OC)c([C@@H]2SCC(=O)N(CC(=O)NCc3ccc(F)cc3)c3c2c(-c2ccc(Cl)cc2)nn3-c2ccc(C)cc2)c1. The fourth-order valence-electron chi connectivity index (χ4n) is 5.50. The van der Waals surface area contributed by atoms with Gasteiger partial charge in [0.25, 0.3) is 0 Å². The molecule has 1 aliphatic rings. The third-order valence-electron chi connectivity index (χ3n) is 7.91. The highest BCUT2D eigenvalue weighted by molar-refractivity contribution is 8.00. The summed E-state index contributed by atoms with van der Waals surface area (Å²) < 4.78 is 26.6. The van der Waals surface area contributed by atoms with Crippen molar-refractivity contribution in [2.24, 2.45) is 0 Å². The standard InChI is InChI=1S/C36H32ClFN4O4S/c1-22-4-14-27(15-5-22)42-36-33(34(40-42)24-8-10-25(37)11-9-24)35(29-18-28(45-2)16-17-30(29)46-3)47-21-32(44)41(36)20-31(43)39-19-23-6-12-26(38)13-7-23/h4-18,35H,19-21H2,1-3H3,(H,39,43)/t35-/m0/s1. The predicted octanol–water partition coefficient (Wildman–Crippen LogP) is 7.14. The fraction of sp³-hybridized carbons (Fsp3) is 0.194. The number of carbonyl (C=O) groups excluding carboxylic acids is 2. The van der Waals surface area contributed by atoms with Gasteiger partial charge in [-0.2, -0.15) is 5.10 Å². The van der Waals surface area contributed by atoms with Crippen molar-refractivity contribution in [2.75, 3.05) is 31.4 Å². The molecule has 0 spiro atoms. The van der Waals surface area contributed by atoms with E-state index in [2.05, 4.69) is 5.32 Å².